The van der Waals surface area contributed by atoms with Gasteiger partial charge in [0, 0.05) is 0 Å². The fourth-order valence-corrected chi connectivity index (χ4v) is 1.84. The van der Waals surface area contributed by atoms with Gasteiger partial charge in [-0.05, 0) is 25.2 Å². The summed E-state index contributed by atoms with van der Waals surface area (Å²) in [5.41, 5.74) is 1.75. The average Bonchev–Trinajstić information content (AvgIpc) is 2.41. The molecule has 0 aliphatic heterocycles. The van der Waals surface area contributed by atoms with E-state index in [4.69, 9.17) is 10.5 Å². The second-order valence-corrected chi connectivity index (χ2v) is 5.07. The Hall–Kier alpha value is -2.62. The molecule has 0 heterocycles. The van der Waals surface area contributed by atoms with Crippen LogP contribution in [0.1, 0.15) is 0 Å². The van der Waals surface area contributed by atoms with Gasteiger partial charge >= 0.3 is 0 Å². The zero-order valence-corrected chi connectivity index (χ0v) is 10.6. The van der Waals surface area contributed by atoms with Gasteiger partial charge in [0.2, 0.25) is 15.7 Å². The zero-order valence-electron chi connectivity index (χ0n) is 9.75. The van der Waals surface area contributed by atoms with Crippen LogP contribution in [-0.2, 0) is 10.0 Å². The van der Waals surface area contributed by atoms with Crippen molar-refractivity contribution in [3.05, 3.63) is 18.2 Å². The first kappa shape index (κ1) is 14.4. The Morgan fingerprint density at radius 2 is 2.00 bits per heavy atom. The lowest BCUT2D eigenvalue weighted by Crippen LogP contribution is -2.18. The minimum atomic E-state index is -3.67. The number of aromatic hydroxyl groups is 1. The summed E-state index contributed by atoms with van der Waals surface area (Å²) in [5, 5.41) is 29.9. The molecule has 8 nitrogen and oxygen atoms in total. The van der Waals surface area contributed by atoms with Crippen molar-refractivity contribution >= 4 is 21.4 Å². The largest absolute Gasteiger partial charge is 0.506 e. The van der Waals surface area contributed by atoms with E-state index in [1.165, 1.54) is 25.3 Å². The lowest BCUT2D eigenvalue weighted by Gasteiger charge is -2.07. The number of nitrogens with one attached hydrogen (secondary N) is 2. The lowest BCUT2D eigenvalue weighted by atomic mass is 10.3. The van der Waals surface area contributed by atoms with E-state index in [2.05, 4.69) is 15.2 Å². The van der Waals surface area contributed by atoms with Crippen molar-refractivity contribution in [3.8, 4) is 17.9 Å². The third-order valence-corrected chi connectivity index (χ3v) is 3.46. The number of phenols is 1. The molecule has 0 spiro atoms. The second-order valence-electron chi connectivity index (χ2n) is 3.18. The van der Waals surface area contributed by atoms with Crippen LogP contribution >= 0.6 is 0 Å². The van der Waals surface area contributed by atoms with E-state index < -0.39 is 15.7 Å². The highest BCUT2D eigenvalue weighted by Crippen LogP contribution is 2.26. The number of hydrogen-bond donors (Lipinski definition) is 3. The van der Waals surface area contributed by atoms with Crippen molar-refractivity contribution in [1.82, 2.24) is 4.72 Å². The molecule has 0 saturated heterocycles. The number of hydrazone groups is 1. The van der Waals surface area contributed by atoms with Gasteiger partial charge in [-0.25, -0.2) is 13.1 Å². The molecule has 0 aliphatic rings. The zero-order chi connectivity index (χ0) is 14.5. The number of phenolic OH excluding ortho intramolecular Hbond substituents is 1. The van der Waals surface area contributed by atoms with Crippen molar-refractivity contribution in [2.24, 2.45) is 5.10 Å². The van der Waals surface area contributed by atoms with E-state index in [0.717, 1.165) is 12.1 Å². The van der Waals surface area contributed by atoms with Crippen molar-refractivity contribution in [1.29, 1.82) is 10.5 Å². The molecular weight excluding hydrogens is 270 g/mol. The number of nitrogens with zero attached hydrogens (tertiary/aromatic N) is 3. The Morgan fingerprint density at radius 1 is 1.37 bits per heavy atom. The maximum atomic E-state index is 11.6. The predicted molar refractivity (Wildman–Crippen MR) is 66.6 cm³/mol. The summed E-state index contributed by atoms with van der Waals surface area (Å²) in [6.07, 6.45) is 0. The molecule has 19 heavy (non-hydrogen) atoms. The average molecular weight is 279 g/mol. The summed E-state index contributed by atoms with van der Waals surface area (Å²) in [7, 11) is -2.42. The fourth-order valence-electron chi connectivity index (χ4n) is 1.08. The fraction of sp³-hybridized carbons (Fsp3) is 0.100. The van der Waals surface area contributed by atoms with Crippen LogP contribution in [0.25, 0.3) is 0 Å². The summed E-state index contributed by atoms with van der Waals surface area (Å²) >= 11 is 0. The van der Waals surface area contributed by atoms with Crippen LogP contribution in [0, 0.1) is 22.7 Å². The predicted octanol–water partition coefficient (Wildman–Crippen LogP) is 0.115. The number of benzene rings is 1. The third kappa shape index (κ3) is 3.42. The topological polar surface area (TPSA) is 138 Å². The molecule has 1 aromatic rings. The monoisotopic (exact) mass is 279 g/mol. The molecule has 0 aliphatic carbocycles. The summed E-state index contributed by atoms with van der Waals surface area (Å²) in [6.45, 7) is 0. The number of nitriles is 2. The van der Waals surface area contributed by atoms with Gasteiger partial charge in [0.25, 0.3) is 0 Å². The first-order valence-corrected chi connectivity index (χ1v) is 6.33. The Kier molecular flexibility index (Phi) is 4.42. The van der Waals surface area contributed by atoms with Gasteiger partial charge in [-0.15, -0.1) is 0 Å². The van der Waals surface area contributed by atoms with Gasteiger partial charge in [0.1, 0.15) is 17.9 Å². The van der Waals surface area contributed by atoms with Crippen molar-refractivity contribution in [2.75, 3.05) is 12.5 Å². The van der Waals surface area contributed by atoms with Crippen molar-refractivity contribution in [3.63, 3.8) is 0 Å². The van der Waals surface area contributed by atoms with E-state index >= 15 is 0 Å². The van der Waals surface area contributed by atoms with Gasteiger partial charge in [-0.2, -0.15) is 15.6 Å². The number of rotatable bonds is 4. The number of anilines is 1. The van der Waals surface area contributed by atoms with Crippen molar-refractivity contribution in [2.45, 2.75) is 4.90 Å². The second kappa shape index (κ2) is 5.82. The quantitative estimate of drug-likeness (QED) is 0.406. The molecule has 1 aromatic carbocycles. The molecule has 0 unspecified atom stereocenters. The Morgan fingerprint density at radius 3 is 2.53 bits per heavy atom. The smallest absolute Gasteiger partial charge is 0.240 e. The maximum Gasteiger partial charge on any atom is 0.240 e. The highest BCUT2D eigenvalue weighted by molar-refractivity contribution is 7.89. The van der Waals surface area contributed by atoms with Gasteiger partial charge in [-0.3, -0.25) is 5.43 Å². The summed E-state index contributed by atoms with van der Waals surface area (Å²) in [5.74, 6) is -0.269. The highest BCUT2D eigenvalue weighted by atomic mass is 32.2. The normalized spacial score (nSPS) is 10.1. The van der Waals surface area contributed by atoms with Crippen LogP contribution in [0.5, 0.6) is 5.75 Å². The molecule has 0 aromatic heterocycles. The SMILES string of the molecule is CNS(=O)(=O)c1ccc(O)c(NN=C(C#N)C#N)c1. The Labute approximate surface area is 109 Å². The minimum Gasteiger partial charge on any atom is -0.506 e. The molecule has 9 heteroatoms. The third-order valence-electron chi connectivity index (χ3n) is 2.05. The molecule has 0 amide bonds. The van der Waals surface area contributed by atoms with E-state index in [1.807, 2.05) is 0 Å². The van der Waals surface area contributed by atoms with E-state index in [0.29, 0.717) is 0 Å². The summed E-state index contributed by atoms with van der Waals surface area (Å²) in [6, 6.07) is 6.50. The van der Waals surface area contributed by atoms with E-state index in [-0.39, 0.29) is 16.3 Å². The van der Waals surface area contributed by atoms with E-state index in [9.17, 15) is 13.5 Å². The van der Waals surface area contributed by atoms with Gasteiger partial charge in [0.05, 0.1) is 10.6 Å². The molecule has 98 valence electrons. The standard InChI is InChI=1S/C10H9N5O3S/c1-13-19(17,18)8-2-3-10(16)9(4-8)15-14-7(5-11)6-12/h2-4,13,15-16H,1H3. The first-order valence-electron chi connectivity index (χ1n) is 4.85. The molecule has 0 fully saturated rings. The lowest BCUT2D eigenvalue weighted by molar-refractivity contribution is 0.477. The maximum absolute atomic E-state index is 11.6. The van der Waals surface area contributed by atoms with Crippen LogP contribution < -0.4 is 10.1 Å². The number of hydrogen-bond acceptors (Lipinski definition) is 7. The van der Waals surface area contributed by atoms with Crippen LogP contribution in [0.3, 0.4) is 0 Å². The molecule has 0 saturated carbocycles. The minimum absolute atomic E-state index is 0.0423. The van der Waals surface area contributed by atoms with Crippen LogP contribution in [0.4, 0.5) is 5.69 Å². The molecule has 0 bridgehead atoms. The van der Waals surface area contributed by atoms with Crippen molar-refractivity contribution < 1.29 is 13.5 Å². The number of sulfonamides is 1. The highest BCUT2D eigenvalue weighted by Gasteiger charge is 2.13. The van der Waals surface area contributed by atoms with Crippen LogP contribution in [0.2, 0.25) is 0 Å². The van der Waals surface area contributed by atoms with Gasteiger partial charge in [0.15, 0.2) is 0 Å². The molecule has 0 atom stereocenters. The summed E-state index contributed by atoms with van der Waals surface area (Å²) in [4.78, 5) is -0.0963. The first-order chi connectivity index (χ1) is 8.94. The van der Waals surface area contributed by atoms with Crippen LogP contribution in [0.15, 0.2) is 28.2 Å². The van der Waals surface area contributed by atoms with Gasteiger partial charge < -0.3 is 5.11 Å². The molecule has 3 N–H and O–H groups in total. The van der Waals surface area contributed by atoms with E-state index in [1.54, 1.807) is 0 Å². The van der Waals surface area contributed by atoms with Gasteiger partial charge in [-0.1, -0.05) is 0 Å². The Balaban J connectivity index is 3.18. The molecule has 1 rings (SSSR count). The molecule has 0 radical (unpaired) electrons. The van der Waals surface area contributed by atoms with Crippen LogP contribution in [-0.4, -0.2) is 26.3 Å². The Bertz CT molecular complexity index is 681. The molecular formula is C10H9N5O3S. The summed E-state index contributed by atoms with van der Waals surface area (Å²) < 4.78 is 25.2.